The van der Waals surface area contributed by atoms with Crippen LogP contribution in [-0.2, 0) is 6.54 Å². The van der Waals surface area contributed by atoms with Gasteiger partial charge in [-0.3, -0.25) is 15.1 Å². The Morgan fingerprint density at radius 3 is 2.95 bits per heavy atom. The minimum Gasteiger partial charge on any atom is -0.310 e. The number of hydrogen-bond donors (Lipinski definition) is 1. The highest BCUT2D eigenvalue weighted by Crippen LogP contribution is 2.23. The molecule has 0 unspecified atom stereocenters. The summed E-state index contributed by atoms with van der Waals surface area (Å²) in [5.41, 5.74) is 2.17. The summed E-state index contributed by atoms with van der Waals surface area (Å²) in [7, 11) is 0. The minimum absolute atomic E-state index is 0.174. The highest BCUT2D eigenvalue weighted by atomic mass is 32.2. The standard InChI is InChI=1S/C13H19N3O2S/c1-4-6-19-7-5-14-9-12-11(3)13(16(17)18)10(2)8-15-12/h4,8,14H,1,5-7,9H2,2-3H3. The summed E-state index contributed by atoms with van der Waals surface area (Å²) in [5.74, 6) is 1.92. The molecule has 0 aliphatic heterocycles. The third-order valence-electron chi connectivity index (χ3n) is 2.71. The Kier molecular flexibility index (Phi) is 6.52. The SMILES string of the molecule is C=CCSCCNCc1ncc(C)c([N+](=O)[O-])c1C. The Hall–Kier alpha value is -1.40. The molecule has 0 aliphatic carbocycles. The number of nitro groups is 1. The van der Waals surface area contributed by atoms with Crippen molar-refractivity contribution >= 4 is 17.4 Å². The fourth-order valence-corrected chi connectivity index (χ4v) is 2.36. The lowest BCUT2D eigenvalue weighted by atomic mass is 10.1. The average molecular weight is 281 g/mol. The first kappa shape index (κ1) is 15.7. The highest BCUT2D eigenvalue weighted by molar-refractivity contribution is 7.99. The average Bonchev–Trinajstić information content (AvgIpc) is 2.35. The van der Waals surface area contributed by atoms with E-state index in [9.17, 15) is 10.1 Å². The molecule has 0 fully saturated rings. The Balaban J connectivity index is 2.57. The van der Waals surface area contributed by atoms with Crippen molar-refractivity contribution in [3.8, 4) is 0 Å². The van der Waals surface area contributed by atoms with Crippen LogP contribution in [0.5, 0.6) is 0 Å². The Morgan fingerprint density at radius 2 is 2.32 bits per heavy atom. The van der Waals surface area contributed by atoms with Crippen LogP contribution in [0.2, 0.25) is 0 Å². The van der Waals surface area contributed by atoms with Crippen molar-refractivity contribution < 1.29 is 4.92 Å². The van der Waals surface area contributed by atoms with E-state index >= 15 is 0 Å². The maximum Gasteiger partial charge on any atom is 0.278 e. The summed E-state index contributed by atoms with van der Waals surface area (Å²) in [6, 6.07) is 0. The van der Waals surface area contributed by atoms with Crippen molar-refractivity contribution in [1.29, 1.82) is 0 Å². The fraction of sp³-hybridized carbons (Fsp3) is 0.462. The number of rotatable bonds is 8. The molecule has 1 heterocycles. The number of nitrogens with zero attached hydrogens (tertiary/aromatic N) is 2. The van der Waals surface area contributed by atoms with Gasteiger partial charge in [0.1, 0.15) is 0 Å². The van der Waals surface area contributed by atoms with Crippen LogP contribution in [0.1, 0.15) is 16.8 Å². The van der Waals surface area contributed by atoms with Crippen molar-refractivity contribution in [2.75, 3.05) is 18.1 Å². The Bertz CT molecular complexity index is 463. The van der Waals surface area contributed by atoms with E-state index < -0.39 is 0 Å². The van der Waals surface area contributed by atoms with Gasteiger partial charge < -0.3 is 5.32 Å². The molecule has 0 atom stereocenters. The van der Waals surface area contributed by atoms with Crippen LogP contribution < -0.4 is 5.32 Å². The van der Waals surface area contributed by atoms with Gasteiger partial charge in [0.05, 0.1) is 10.6 Å². The first-order valence-electron chi connectivity index (χ1n) is 6.06. The summed E-state index contributed by atoms with van der Waals surface area (Å²) < 4.78 is 0. The molecule has 0 aromatic carbocycles. The van der Waals surface area contributed by atoms with Crippen molar-refractivity contribution in [3.63, 3.8) is 0 Å². The van der Waals surface area contributed by atoms with Gasteiger partial charge in [0.25, 0.3) is 5.69 Å². The molecule has 1 rings (SSSR count). The lowest BCUT2D eigenvalue weighted by Gasteiger charge is -2.08. The lowest BCUT2D eigenvalue weighted by molar-refractivity contribution is -0.386. The number of thioether (sulfide) groups is 1. The quantitative estimate of drug-likeness (QED) is 0.343. The summed E-state index contributed by atoms with van der Waals surface area (Å²) in [6.07, 6.45) is 3.44. The molecule has 1 aromatic heterocycles. The van der Waals surface area contributed by atoms with E-state index in [2.05, 4.69) is 16.9 Å². The molecule has 5 nitrogen and oxygen atoms in total. The molecule has 6 heteroatoms. The number of aryl methyl sites for hydroxylation is 1. The van der Waals surface area contributed by atoms with Gasteiger partial charge in [-0.1, -0.05) is 6.08 Å². The van der Waals surface area contributed by atoms with Crippen molar-refractivity contribution in [1.82, 2.24) is 10.3 Å². The predicted molar refractivity (Wildman–Crippen MR) is 79.6 cm³/mol. The zero-order valence-corrected chi connectivity index (χ0v) is 12.1. The summed E-state index contributed by atoms with van der Waals surface area (Å²) in [6.45, 7) is 8.52. The molecule has 104 valence electrons. The first-order valence-corrected chi connectivity index (χ1v) is 7.22. The molecular weight excluding hydrogens is 262 g/mol. The van der Waals surface area contributed by atoms with Crippen LogP contribution in [0.3, 0.4) is 0 Å². The molecule has 19 heavy (non-hydrogen) atoms. The lowest BCUT2D eigenvalue weighted by Crippen LogP contribution is -2.18. The van der Waals surface area contributed by atoms with E-state index in [0.717, 1.165) is 23.7 Å². The maximum absolute atomic E-state index is 11.0. The van der Waals surface area contributed by atoms with Gasteiger partial charge in [0.15, 0.2) is 0 Å². The van der Waals surface area contributed by atoms with Crippen LogP contribution in [0.4, 0.5) is 5.69 Å². The van der Waals surface area contributed by atoms with Gasteiger partial charge in [-0.2, -0.15) is 11.8 Å². The van der Waals surface area contributed by atoms with Crippen molar-refractivity contribution in [2.45, 2.75) is 20.4 Å². The zero-order valence-electron chi connectivity index (χ0n) is 11.3. The van der Waals surface area contributed by atoms with Gasteiger partial charge in [0.2, 0.25) is 0 Å². The van der Waals surface area contributed by atoms with E-state index in [-0.39, 0.29) is 10.6 Å². The van der Waals surface area contributed by atoms with E-state index in [0.29, 0.717) is 17.7 Å². The van der Waals surface area contributed by atoms with E-state index in [1.807, 2.05) is 6.08 Å². The molecule has 1 N–H and O–H groups in total. The minimum atomic E-state index is -0.338. The molecule has 0 aliphatic rings. The van der Waals surface area contributed by atoms with Gasteiger partial charge in [0, 0.05) is 41.9 Å². The summed E-state index contributed by atoms with van der Waals surface area (Å²) in [5, 5.41) is 14.2. The van der Waals surface area contributed by atoms with Gasteiger partial charge >= 0.3 is 0 Å². The number of pyridine rings is 1. The molecule has 0 bridgehead atoms. The first-order chi connectivity index (χ1) is 9.07. The molecule has 1 aromatic rings. The van der Waals surface area contributed by atoms with Gasteiger partial charge in [-0.05, 0) is 13.8 Å². The second-order valence-corrected chi connectivity index (χ2v) is 5.31. The van der Waals surface area contributed by atoms with Crippen LogP contribution in [0, 0.1) is 24.0 Å². The van der Waals surface area contributed by atoms with Gasteiger partial charge in [-0.15, -0.1) is 6.58 Å². The smallest absolute Gasteiger partial charge is 0.278 e. The number of nitrogens with one attached hydrogen (secondary N) is 1. The second-order valence-electron chi connectivity index (χ2n) is 4.16. The maximum atomic E-state index is 11.0. The van der Waals surface area contributed by atoms with Crippen LogP contribution in [-0.4, -0.2) is 28.0 Å². The van der Waals surface area contributed by atoms with E-state index in [4.69, 9.17) is 0 Å². The number of aromatic nitrogens is 1. The van der Waals surface area contributed by atoms with Crippen LogP contribution >= 0.6 is 11.8 Å². The van der Waals surface area contributed by atoms with Crippen LogP contribution in [0.15, 0.2) is 18.9 Å². The van der Waals surface area contributed by atoms with Gasteiger partial charge in [-0.25, -0.2) is 0 Å². The topological polar surface area (TPSA) is 68.1 Å². The fourth-order valence-electron chi connectivity index (χ4n) is 1.74. The molecule has 0 amide bonds. The second kappa shape index (κ2) is 7.91. The Labute approximate surface area is 117 Å². The number of hydrogen-bond acceptors (Lipinski definition) is 5. The summed E-state index contributed by atoms with van der Waals surface area (Å²) in [4.78, 5) is 14.9. The molecular formula is C13H19N3O2S. The third kappa shape index (κ3) is 4.65. The molecule has 0 saturated heterocycles. The third-order valence-corrected chi connectivity index (χ3v) is 3.67. The van der Waals surface area contributed by atoms with E-state index in [1.165, 1.54) is 0 Å². The largest absolute Gasteiger partial charge is 0.310 e. The monoisotopic (exact) mass is 281 g/mol. The van der Waals surface area contributed by atoms with Crippen molar-refractivity contribution in [3.05, 3.63) is 45.8 Å². The molecule has 0 saturated carbocycles. The Morgan fingerprint density at radius 1 is 1.58 bits per heavy atom. The molecule has 0 spiro atoms. The zero-order chi connectivity index (χ0) is 14.3. The predicted octanol–water partition coefficient (Wildman–Crippen LogP) is 2.62. The molecule has 0 radical (unpaired) electrons. The van der Waals surface area contributed by atoms with Crippen LogP contribution in [0.25, 0.3) is 0 Å². The normalized spacial score (nSPS) is 10.4. The highest BCUT2D eigenvalue weighted by Gasteiger charge is 2.18. The van der Waals surface area contributed by atoms with Crippen molar-refractivity contribution in [2.24, 2.45) is 0 Å². The van der Waals surface area contributed by atoms with E-state index in [1.54, 1.807) is 31.8 Å². The summed E-state index contributed by atoms with van der Waals surface area (Å²) >= 11 is 1.79.